The van der Waals surface area contributed by atoms with Crippen molar-refractivity contribution in [1.29, 1.82) is 0 Å². The van der Waals surface area contributed by atoms with Gasteiger partial charge in [-0.1, -0.05) is 29.8 Å². The molecule has 0 bridgehead atoms. The highest BCUT2D eigenvalue weighted by molar-refractivity contribution is 5.85. The molecule has 0 atom stereocenters. The zero-order valence-corrected chi connectivity index (χ0v) is 10.8. The van der Waals surface area contributed by atoms with Crippen molar-refractivity contribution in [3.8, 4) is 11.4 Å². The summed E-state index contributed by atoms with van der Waals surface area (Å²) in [7, 11) is 0. The molecule has 0 aliphatic carbocycles. The molecular weight excluding hydrogens is 238 g/mol. The smallest absolute Gasteiger partial charge is 0.171 e. The molecule has 4 heteroatoms. The minimum Gasteiger partial charge on any atom is -0.298 e. The Morgan fingerprint density at radius 1 is 1.05 bits per heavy atom. The summed E-state index contributed by atoms with van der Waals surface area (Å²) < 4.78 is 1.86. The normalized spacial score (nSPS) is 10.8. The lowest BCUT2D eigenvalue weighted by Gasteiger charge is -2.03. The van der Waals surface area contributed by atoms with Gasteiger partial charge in [0.15, 0.2) is 17.8 Å². The Labute approximate surface area is 110 Å². The van der Waals surface area contributed by atoms with Crippen molar-refractivity contribution in [2.75, 3.05) is 0 Å². The van der Waals surface area contributed by atoms with Gasteiger partial charge in [-0.2, -0.15) is 0 Å². The van der Waals surface area contributed by atoms with Crippen LogP contribution in [-0.4, -0.2) is 20.9 Å². The molecule has 1 aromatic carbocycles. The summed E-state index contributed by atoms with van der Waals surface area (Å²) in [4.78, 5) is 11.1. The van der Waals surface area contributed by atoms with Gasteiger partial charge >= 0.3 is 0 Å². The van der Waals surface area contributed by atoms with Crippen molar-refractivity contribution < 1.29 is 4.79 Å². The van der Waals surface area contributed by atoms with Gasteiger partial charge in [0.1, 0.15) is 0 Å². The van der Waals surface area contributed by atoms with Crippen LogP contribution in [0.1, 0.15) is 21.5 Å². The predicted octanol–water partition coefficient (Wildman–Crippen LogP) is 2.83. The van der Waals surface area contributed by atoms with Crippen LogP contribution in [0.4, 0.5) is 0 Å². The van der Waals surface area contributed by atoms with Gasteiger partial charge in [0.2, 0.25) is 0 Å². The molecule has 4 nitrogen and oxygen atoms in total. The maximum Gasteiger partial charge on any atom is 0.171 e. The fourth-order valence-electron chi connectivity index (χ4n) is 2.15. The Balaban J connectivity index is 2.28. The lowest BCUT2D eigenvalue weighted by atomic mass is 10.1. The topological polar surface area (TPSA) is 47.3 Å². The molecule has 0 amide bonds. The second kappa shape index (κ2) is 4.31. The summed E-state index contributed by atoms with van der Waals surface area (Å²) in [5.74, 6) is 0.752. The molecule has 0 saturated heterocycles. The molecule has 0 N–H and O–H groups in total. The minimum atomic E-state index is 0.561. The van der Waals surface area contributed by atoms with Crippen LogP contribution in [0.2, 0.25) is 0 Å². The highest BCUT2D eigenvalue weighted by Crippen LogP contribution is 2.20. The van der Waals surface area contributed by atoms with E-state index in [1.807, 2.05) is 54.8 Å². The first-order chi connectivity index (χ1) is 9.19. The molecule has 19 heavy (non-hydrogen) atoms. The summed E-state index contributed by atoms with van der Waals surface area (Å²) in [5, 5.41) is 8.31. The molecule has 3 aromatic rings. The lowest BCUT2D eigenvalue weighted by Crippen LogP contribution is -1.95. The van der Waals surface area contributed by atoms with E-state index in [9.17, 15) is 4.79 Å². The average molecular weight is 251 g/mol. The van der Waals surface area contributed by atoms with Crippen LogP contribution in [-0.2, 0) is 0 Å². The molecule has 0 saturated carbocycles. The Bertz CT molecular complexity index is 757. The third kappa shape index (κ3) is 1.91. The Hall–Kier alpha value is -2.49. The number of pyridine rings is 1. The van der Waals surface area contributed by atoms with E-state index < -0.39 is 0 Å². The highest BCUT2D eigenvalue weighted by atomic mass is 16.1. The largest absolute Gasteiger partial charge is 0.298 e. The fourth-order valence-corrected chi connectivity index (χ4v) is 2.15. The van der Waals surface area contributed by atoms with Gasteiger partial charge in [0, 0.05) is 11.8 Å². The molecule has 0 aliphatic rings. The second-order valence-electron chi connectivity index (χ2n) is 4.67. The number of hydrogen-bond donors (Lipinski definition) is 0. The number of hydrogen-bond acceptors (Lipinski definition) is 3. The molecule has 0 unspecified atom stereocenters. The van der Waals surface area contributed by atoms with E-state index in [0.717, 1.165) is 23.2 Å². The van der Waals surface area contributed by atoms with Crippen LogP contribution in [0.25, 0.3) is 17.0 Å². The van der Waals surface area contributed by atoms with E-state index in [1.165, 1.54) is 5.56 Å². The van der Waals surface area contributed by atoms with E-state index in [4.69, 9.17) is 0 Å². The monoisotopic (exact) mass is 251 g/mol. The number of rotatable bonds is 2. The summed E-state index contributed by atoms with van der Waals surface area (Å²) in [6.45, 7) is 3.99. The van der Waals surface area contributed by atoms with Crippen molar-refractivity contribution >= 4 is 11.9 Å². The summed E-state index contributed by atoms with van der Waals surface area (Å²) in [6.07, 6.45) is 2.76. The maximum absolute atomic E-state index is 11.1. The maximum atomic E-state index is 11.1. The van der Waals surface area contributed by atoms with E-state index in [0.29, 0.717) is 11.2 Å². The summed E-state index contributed by atoms with van der Waals surface area (Å²) >= 11 is 0. The first-order valence-electron chi connectivity index (χ1n) is 6.06. The summed E-state index contributed by atoms with van der Waals surface area (Å²) in [6, 6.07) is 9.90. The Kier molecular flexibility index (Phi) is 2.63. The van der Waals surface area contributed by atoms with Gasteiger partial charge in [0.05, 0.1) is 5.56 Å². The molecule has 0 aliphatic heterocycles. The number of carbonyl (C=O) groups excluding carboxylic acids is 1. The number of aromatic nitrogens is 3. The lowest BCUT2D eigenvalue weighted by molar-refractivity contribution is 0.112. The Morgan fingerprint density at radius 2 is 1.79 bits per heavy atom. The van der Waals surface area contributed by atoms with Crippen molar-refractivity contribution in [3.63, 3.8) is 0 Å². The van der Waals surface area contributed by atoms with Crippen LogP contribution < -0.4 is 0 Å². The average Bonchev–Trinajstić information content (AvgIpc) is 2.82. The number of carbonyl (C=O) groups is 1. The van der Waals surface area contributed by atoms with E-state index >= 15 is 0 Å². The zero-order valence-electron chi connectivity index (χ0n) is 10.8. The Morgan fingerprint density at radius 3 is 2.47 bits per heavy atom. The number of benzene rings is 1. The third-order valence-electron chi connectivity index (χ3n) is 3.11. The van der Waals surface area contributed by atoms with Gasteiger partial charge in [-0.05, 0) is 25.5 Å². The van der Waals surface area contributed by atoms with Gasteiger partial charge in [-0.3, -0.25) is 9.20 Å². The summed E-state index contributed by atoms with van der Waals surface area (Å²) in [5.41, 5.74) is 4.34. The SMILES string of the molecule is Cc1ccc(-c2nnc3c(C=O)cc(C)cn23)cc1. The van der Waals surface area contributed by atoms with Crippen molar-refractivity contribution in [2.45, 2.75) is 13.8 Å². The number of nitrogens with zero attached hydrogens (tertiary/aromatic N) is 3. The number of aldehydes is 1. The fraction of sp³-hybridized carbons (Fsp3) is 0.133. The van der Waals surface area contributed by atoms with Crippen LogP contribution in [0.15, 0.2) is 36.5 Å². The predicted molar refractivity (Wildman–Crippen MR) is 73.3 cm³/mol. The minimum absolute atomic E-state index is 0.561. The third-order valence-corrected chi connectivity index (χ3v) is 3.11. The highest BCUT2D eigenvalue weighted by Gasteiger charge is 2.11. The molecule has 94 valence electrons. The second-order valence-corrected chi connectivity index (χ2v) is 4.67. The van der Waals surface area contributed by atoms with Gasteiger partial charge < -0.3 is 0 Å². The molecule has 3 rings (SSSR count). The van der Waals surface area contributed by atoms with Crippen molar-refractivity contribution in [1.82, 2.24) is 14.6 Å². The first kappa shape index (κ1) is 11.6. The van der Waals surface area contributed by atoms with E-state index in [2.05, 4.69) is 10.2 Å². The van der Waals surface area contributed by atoms with Crippen LogP contribution >= 0.6 is 0 Å². The molecule has 0 spiro atoms. The number of aryl methyl sites for hydroxylation is 2. The van der Waals surface area contributed by atoms with Crippen molar-refractivity contribution in [3.05, 3.63) is 53.2 Å². The standard InChI is InChI=1S/C15H13N3O/c1-10-3-5-12(6-4-10)14-16-17-15-13(9-19)7-11(2)8-18(14)15/h3-9H,1-2H3. The molecule has 2 aromatic heterocycles. The number of fused-ring (bicyclic) bond motifs is 1. The zero-order chi connectivity index (χ0) is 13.4. The van der Waals surface area contributed by atoms with Crippen LogP contribution in [0, 0.1) is 13.8 Å². The molecule has 2 heterocycles. The first-order valence-corrected chi connectivity index (χ1v) is 6.06. The van der Waals surface area contributed by atoms with Crippen molar-refractivity contribution in [2.24, 2.45) is 0 Å². The molecular formula is C15H13N3O. The molecule has 0 radical (unpaired) electrons. The van der Waals surface area contributed by atoms with Crippen LogP contribution in [0.5, 0.6) is 0 Å². The van der Waals surface area contributed by atoms with Gasteiger partial charge in [-0.25, -0.2) is 0 Å². The quantitative estimate of drug-likeness (QED) is 0.658. The van der Waals surface area contributed by atoms with Gasteiger partial charge in [0.25, 0.3) is 0 Å². The molecule has 0 fully saturated rings. The van der Waals surface area contributed by atoms with E-state index in [1.54, 1.807) is 0 Å². The van der Waals surface area contributed by atoms with Gasteiger partial charge in [-0.15, -0.1) is 10.2 Å². The van der Waals surface area contributed by atoms with E-state index in [-0.39, 0.29) is 0 Å². The van der Waals surface area contributed by atoms with Crippen LogP contribution in [0.3, 0.4) is 0 Å².